The van der Waals surface area contributed by atoms with Gasteiger partial charge in [-0.15, -0.1) is 0 Å². The summed E-state index contributed by atoms with van der Waals surface area (Å²) >= 11 is 0. The summed E-state index contributed by atoms with van der Waals surface area (Å²) in [4.78, 5) is 24.2. The second-order valence-corrected chi connectivity index (χ2v) is 5.33. The maximum atomic E-state index is 12.3. The third-order valence-corrected chi connectivity index (χ3v) is 4.07. The predicted molar refractivity (Wildman–Crippen MR) is 76.7 cm³/mol. The van der Waals surface area contributed by atoms with Crippen molar-refractivity contribution in [2.24, 2.45) is 5.92 Å². The number of esters is 1. The highest BCUT2D eigenvalue weighted by atomic mass is 16.5. The molecule has 1 aliphatic carbocycles. The molecule has 1 aromatic carbocycles. The fourth-order valence-electron chi connectivity index (χ4n) is 2.62. The highest BCUT2D eigenvalue weighted by Gasteiger charge is 2.35. The number of carbonyl (C=O) groups excluding carboxylic acids is 2. The highest BCUT2D eigenvalue weighted by Crippen LogP contribution is 2.23. The Morgan fingerprint density at radius 3 is 2.75 bits per heavy atom. The lowest BCUT2D eigenvalue weighted by atomic mass is 9.97. The third kappa shape index (κ3) is 2.75. The molecule has 0 radical (unpaired) electrons. The molecule has 108 valence electrons. The van der Waals surface area contributed by atoms with Gasteiger partial charge in [-0.25, -0.2) is 0 Å². The van der Waals surface area contributed by atoms with E-state index in [0.717, 1.165) is 17.5 Å². The molecule has 1 aliphatic rings. The predicted octanol–water partition coefficient (Wildman–Crippen LogP) is 1.97. The number of hydrogen-bond donors (Lipinski definition) is 1. The van der Waals surface area contributed by atoms with Crippen molar-refractivity contribution in [2.45, 2.75) is 38.8 Å². The van der Waals surface area contributed by atoms with Crippen molar-refractivity contribution in [1.82, 2.24) is 5.32 Å². The molecule has 0 spiro atoms. The number of hydrogen-bond acceptors (Lipinski definition) is 4. The first-order valence-corrected chi connectivity index (χ1v) is 7.04. The average Bonchev–Trinajstić information content (AvgIpc) is 2.80. The zero-order chi connectivity index (χ0) is 14.7. The topological polar surface area (TPSA) is 55.4 Å². The Morgan fingerprint density at radius 2 is 2.15 bits per heavy atom. The summed E-state index contributed by atoms with van der Waals surface area (Å²) in [7, 11) is 1.38. The van der Waals surface area contributed by atoms with E-state index in [2.05, 4.69) is 5.32 Å². The summed E-state index contributed by atoms with van der Waals surface area (Å²) in [5.74, 6) is -0.111. The smallest absolute Gasteiger partial charge is 0.323 e. The molecule has 0 saturated carbocycles. The van der Waals surface area contributed by atoms with Crippen LogP contribution in [0.4, 0.5) is 0 Å². The molecule has 0 fully saturated rings. The Bertz CT molecular complexity index is 512. The van der Waals surface area contributed by atoms with Gasteiger partial charge in [0, 0.05) is 5.56 Å². The van der Waals surface area contributed by atoms with Gasteiger partial charge in [0.15, 0.2) is 5.78 Å². The summed E-state index contributed by atoms with van der Waals surface area (Å²) in [6, 6.07) is 6.84. The normalized spacial score (nSPS) is 20.4. The van der Waals surface area contributed by atoms with Crippen LogP contribution in [0.1, 0.15) is 36.2 Å². The van der Waals surface area contributed by atoms with Crippen LogP contribution < -0.4 is 5.32 Å². The van der Waals surface area contributed by atoms with E-state index < -0.39 is 6.04 Å². The number of ether oxygens (including phenoxy) is 1. The fourth-order valence-corrected chi connectivity index (χ4v) is 2.62. The molecule has 0 saturated heterocycles. The molecule has 2 rings (SSSR count). The van der Waals surface area contributed by atoms with E-state index in [1.165, 1.54) is 7.11 Å². The van der Waals surface area contributed by atoms with Crippen LogP contribution in [-0.2, 0) is 16.0 Å². The Kier molecular flexibility index (Phi) is 4.55. The van der Waals surface area contributed by atoms with Crippen LogP contribution in [0.15, 0.2) is 24.3 Å². The van der Waals surface area contributed by atoms with Crippen molar-refractivity contribution in [3.8, 4) is 0 Å². The molecule has 0 heterocycles. The highest BCUT2D eigenvalue weighted by molar-refractivity contribution is 6.04. The van der Waals surface area contributed by atoms with Crippen LogP contribution in [0.25, 0.3) is 0 Å². The van der Waals surface area contributed by atoms with Crippen LogP contribution in [0.3, 0.4) is 0 Å². The number of methoxy groups -OCH3 is 1. The van der Waals surface area contributed by atoms with Gasteiger partial charge in [0.1, 0.15) is 6.04 Å². The van der Waals surface area contributed by atoms with Gasteiger partial charge >= 0.3 is 5.97 Å². The first-order chi connectivity index (χ1) is 9.58. The van der Waals surface area contributed by atoms with Crippen molar-refractivity contribution >= 4 is 11.8 Å². The zero-order valence-corrected chi connectivity index (χ0v) is 12.2. The first kappa shape index (κ1) is 14.7. The summed E-state index contributed by atoms with van der Waals surface area (Å²) in [5, 5.41) is 3.19. The average molecular weight is 275 g/mol. The van der Waals surface area contributed by atoms with Crippen LogP contribution >= 0.6 is 0 Å². The lowest BCUT2D eigenvalue weighted by Crippen LogP contribution is -2.49. The molecule has 4 nitrogen and oxygen atoms in total. The first-order valence-electron chi connectivity index (χ1n) is 7.04. The molecule has 0 aliphatic heterocycles. The molecule has 20 heavy (non-hydrogen) atoms. The molecule has 4 heteroatoms. The molecular weight excluding hydrogens is 254 g/mol. The monoisotopic (exact) mass is 275 g/mol. The number of carbonyl (C=O) groups is 2. The number of Topliss-reactive ketones (excluding diaryl/α,β-unsaturated/α-hetero) is 1. The van der Waals surface area contributed by atoms with Crippen molar-refractivity contribution in [2.75, 3.05) is 7.11 Å². The Balaban J connectivity index is 2.14. The molecule has 1 unspecified atom stereocenters. The van der Waals surface area contributed by atoms with Gasteiger partial charge < -0.3 is 4.74 Å². The van der Waals surface area contributed by atoms with Crippen LogP contribution in [0.2, 0.25) is 0 Å². The second kappa shape index (κ2) is 6.18. The summed E-state index contributed by atoms with van der Waals surface area (Å²) in [6.07, 6.45) is 1.49. The van der Waals surface area contributed by atoms with Gasteiger partial charge in [0.25, 0.3) is 0 Å². The van der Waals surface area contributed by atoms with Crippen LogP contribution in [-0.4, -0.2) is 30.9 Å². The van der Waals surface area contributed by atoms with E-state index in [1.807, 2.05) is 38.1 Å². The number of ketones is 1. The van der Waals surface area contributed by atoms with E-state index in [4.69, 9.17) is 4.74 Å². The Hall–Kier alpha value is -1.68. The minimum Gasteiger partial charge on any atom is -0.468 e. The molecule has 3 atom stereocenters. The minimum atomic E-state index is -0.437. The van der Waals surface area contributed by atoms with E-state index in [-0.39, 0.29) is 23.7 Å². The number of rotatable bonds is 5. The van der Waals surface area contributed by atoms with Crippen LogP contribution in [0.5, 0.6) is 0 Å². The number of benzene rings is 1. The van der Waals surface area contributed by atoms with E-state index in [0.29, 0.717) is 6.42 Å². The molecule has 1 aromatic rings. The van der Waals surface area contributed by atoms with Gasteiger partial charge in [0.2, 0.25) is 0 Å². The largest absolute Gasteiger partial charge is 0.468 e. The van der Waals surface area contributed by atoms with E-state index in [1.54, 1.807) is 0 Å². The SMILES string of the molecule is CC[C@H](C)[C@H](NC1Cc2ccccc2C1=O)C(=O)OC. The van der Waals surface area contributed by atoms with Crippen molar-refractivity contribution < 1.29 is 14.3 Å². The van der Waals surface area contributed by atoms with E-state index in [9.17, 15) is 9.59 Å². The van der Waals surface area contributed by atoms with E-state index >= 15 is 0 Å². The zero-order valence-electron chi connectivity index (χ0n) is 12.2. The molecule has 0 aromatic heterocycles. The van der Waals surface area contributed by atoms with Gasteiger partial charge in [-0.05, 0) is 17.9 Å². The van der Waals surface area contributed by atoms with Gasteiger partial charge in [-0.2, -0.15) is 0 Å². The molecular formula is C16H21NO3. The number of nitrogens with one attached hydrogen (secondary N) is 1. The van der Waals surface area contributed by atoms with Crippen LogP contribution in [0, 0.1) is 5.92 Å². The fraction of sp³-hybridized carbons (Fsp3) is 0.500. The van der Waals surface area contributed by atoms with Crippen molar-refractivity contribution in [1.29, 1.82) is 0 Å². The lowest BCUT2D eigenvalue weighted by Gasteiger charge is -2.24. The standard InChI is InChI=1S/C16H21NO3/c1-4-10(2)14(16(19)20-3)17-13-9-11-7-5-6-8-12(11)15(13)18/h5-8,10,13-14,17H,4,9H2,1-3H3/t10-,13?,14-/m0/s1. The van der Waals surface area contributed by atoms with Gasteiger partial charge in [-0.3, -0.25) is 14.9 Å². The summed E-state index contributed by atoms with van der Waals surface area (Å²) < 4.78 is 4.85. The minimum absolute atomic E-state index is 0.0674. The van der Waals surface area contributed by atoms with Crippen molar-refractivity contribution in [3.05, 3.63) is 35.4 Å². The maximum absolute atomic E-state index is 12.3. The quantitative estimate of drug-likeness (QED) is 0.835. The third-order valence-electron chi connectivity index (χ3n) is 4.07. The Labute approximate surface area is 119 Å². The van der Waals surface area contributed by atoms with Gasteiger partial charge in [-0.1, -0.05) is 44.5 Å². The Morgan fingerprint density at radius 1 is 1.45 bits per heavy atom. The second-order valence-electron chi connectivity index (χ2n) is 5.33. The summed E-state index contributed by atoms with van der Waals surface area (Å²) in [6.45, 7) is 4.01. The van der Waals surface area contributed by atoms with Gasteiger partial charge in [0.05, 0.1) is 13.2 Å². The molecule has 0 bridgehead atoms. The molecule has 1 N–H and O–H groups in total. The van der Waals surface area contributed by atoms with Crippen molar-refractivity contribution in [3.63, 3.8) is 0 Å². The number of fused-ring (bicyclic) bond motifs is 1. The molecule has 0 amide bonds. The maximum Gasteiger partial charge on any atom is 0.323 e. The lowest BCUT2D eigenvalue weighted by molar-refractivity contribution is -0.144. The summed E-state index contributed by atoms with van der Waals surface area (Å²) in [5.41, 5.74) is 1.81.